The molecule has 0 aromatic carbocycles. The van der Waals surface area contributed by atoms with Crippen molar-refractivity contribution in [3.05, 3.63) is 36.5 Å². The van der Waals surface area contributed by atoms with E-state index in [4.69, 9.17) is 13.8 Å². The highest BCUT2D eigenvalue weighted by Crippen LogP contribution is 2.38. The number of allylic oxidation sites excluding steroid dienone is 5. The summed E-state index contributed by atoms with van der Waals surface area (Å²) in [6.45, 7) is 6.85. The molecule has 472 valence electrons. The minimum Gasteiger partial charge on any atom is -0.756 e. The van der Waals surface area contributed by atoms with Gasteiger partial charge in [-0.1, -0.05) is 314 Å². The minimum absolute atomic E-state index is 0.0225. The SMILES string of the molecule is CCCCC/C=C/C=C/CCCCCCCCC(=O)NC(COP(=O)([O-])OCC[N+](C)(C)C)C(/C=C\CCCCCCCCCCCC)OC(=O)CCCCCCCCCCCCCCCCCCCCCCCCCCCCC. The lowest BCUT2D eigenvalue weighted by atomic mass is 10.0. The van der Waals surface area contributed by atoms with Crippen molar-refractivity contribution in [1.29, 1.82) is 0 Å². The third kappa shape index (κ3) is 60.8. The van der Waals surface area contributed by atoms with Crippen LogP contribution in [0.2, 0.25) is 0 Å². The van der Waals surface area contributed by atoms with Gasteiger partial charge in [-0.2, -0.15) is 0 Å². The molecule has 0 rings (SSSR count). The normalized spacial score (nSPS) is 13.7. The zero-order valence-electron chi connectivity index (χ0n) is 54.1. The number of amides is 1. The molecule has 0 aliphatic heterocycles. The first-order chi connectivity index (χ1) is 38.9. The first-order valence-electron chi connectivity index (χ1n) is 34.8. The van der Waals surface area contributed by atoms with Crippen LogP contribution in [0.15, 0.2) is 36.5 Å². The largest absolute Gasteiger partial charge is 0.756 e. The molecule has 10 heteroatoms. The molecule has 0 saturated heterocycles. The van der Waals surface area contributed by atoms with Gasteiger partial charge in [-0.05, 0) is 57.4 Å². The quantitative estimate of drug-likeness (QED) is 0.0161. The second-order valence-electron chi connectivity index (χ2n) is 25.1. The number of likely N-dealkylation sites (N-methyl/N-ethyl adjacent to an activating group) is 1. The highest BCUT2D eigenvalue weighted by atomic mass is 31.2. The number of carbonyl (C=O) groups is 2. The van der Waals surface area contributed by atoms with Crippen LogP contribution in [0.1, 0.15) is 348 Å². The zero-order chi connectivity index (χ0) is 58.6. The molecule has 0 saturated carbocycles. The van der Waals surface area contributed by atoms with E-state index in [0.29, 0.717) is 17.4 Å². The van der Waals surface area contributed by atoms with E-state index in [2.05, 4.69) is 50.4 Å². The van der Waals surface area contributed by atoms with Gasteiger partial charge in [-0.25, -0.2) is 0 Å². The van der Waals surface area contributed by atoms with E-state index in [0.717, 1.165) is 83.5 Å². The Balaban J connectivity index is 4.97. The Bertz CT molecular complexity index is 1460. The summed E-state index contributed by atoms with van der Waals surface area (Å²) in [5.41, 5.74) is 0. The number of rotatable bonds is 64. The maximum atomic E-state index is 13.5. The van der Waals surface area contributed by atoms with Crippen molar-refractivity contribution in [1.82, 2.24) is 5.32 Å². The third-order valence-electron chi connectivity index (χ3n) is 15.9. The summed E-state index contributed by atoms with van der Waals surface area (Å²) < 4.78 is 30.4. The lowest BCUT2D eigenvalue weighted by Gasteiger charge is -2.30. The van der Waals surface area contributed by atoms with Gasteiger partial charge in [0.2, 0.25) is 5.91 Å². The number of nitrogens with zero attached hydrogens (tertiary/aromatic N) is 1. The molecule has 1 N–H and O–H groups in total. The molecule has 80 heavy (non-hydrogen) atoms. The van der Waals surface area contributed by atoms with Crippen molar-refractivity contribution < 1.29 is 37.3 Å². The number of phosphoric ester groups is 1. The number of hydrogen-bond donors (Lipinski definition) is 1. The van der Waals surface area contributed by atoms with Crippen molar-refractivity contribution in [3.63, 3.8) is 0 Å². The summed E-state index contributed by atoms with van der Waals surface area (Å²) in [7, 11) is 1.19. The van der Waals surface area contributed by atoms with E-state index in [1.54, 1.807) is 0 Å². The predicted octanol–water partition coefficient (Wildman–Crippen LogP) is 21.2. The van der Waals surface area contributed by atoms with Crippen LogP contribution in [0.5, 0.6) is 0 Å². The van der Waals surface area contributed by atoms with E-state index in [1.807, 2.05) is 33.3 Å². The Kier molecular flexibility index (Phi) is 59.0. The topological polar surface area (TPSA) is 114 Å². The Morgan fingerprint density at radius 2 is 0.750 bits per heavy atom. The molecule has 0 aromatic rings. The third-order valence-corrected chi connectivity index (χ3v) is 16.8. The molecule has 9 nitrogen and oxygen atoms in total. The molecule has 0 aromatic heterocycles. The van der Waals surface area contributed by atoms with E-state index < -0.39 is 20.0 Å². The molecule has 0 heterocycles. The second-order valence-corrected chi connectivity index (χ2v) is 26.5. The number of nitrogens with one attached hydrogen (secondary N) is 1. The fourth-order valence-electron chi connectivity index (χ4n) is 10.5. The standard InChI is InChI=1S/C70H135N2O7P/c1-7-10-13-16-19-22-25-28-30-31-32-33-34-35-36-37-38-39-40-41-43-45-48-51-54-57-60-63-70(74)79-68(61-58-55-52-49-46-27-24-21-18-15-12-9-3)67(66-78-80(75,76)77-65-64-72(4,5)6)71-69(73)62-59-56-53-50-47-44-42-29-26-23-20-17-14-11-8-2/h20,23,26,29,58,61,67-68H,7-19,21-22,24-25,27-28,30-57,59-60,62-66H2,1-6H3,(H-,71,73,75,76)/b23-20+,29-26+,61-58-. The number of hydrogen-bond acceptors (Lipinski definition) is 7. The van der Waals surface area contributed by atoms with Crippen LogP contribution < -0.4 is 10.2 Å². The monoisotopic (exact) mass is 1150 g/mol. The summed E-state index contributed by atoms with van der Waals surface area (Å²) in [6, 6.07) is -0.891. The minimum atomic E-state index is -4.70. The van der Waals surface area contributed by atoms with Gasteiger partial charge in [0.1, 0.15) is 19.3 Å². The van der Waals surface area contributed by atoms with Crippen LogP contribution in [0, 0.1) is 0 Å². The van der Waals surface area contributed by atoms with E-state index in [-0.39, 0.29) is 31.5 Å². The number of unbranched alkanes of at least 4 members (excludes halogenated alkanes) is 45. The Morgan fingerprint density at radius 1 is 0.438 bits per heavy atom. The Hall–Kier alpha value is -1.77. The van der Waals surface area contributed by atoms with Crippen LogP contribution in [0.25, 0.3) is 0 Å². The number of esters is 1. The smallest absolute Gasteiger partial charge is 0.306 e. The van der Waals surface area contributed by atoms with E-state index in [9.17, 15) is 19.0 Å². The lowest BCUT2D eigenvalue weighted by Crippen LogP contribution is -2.47. The molecule has 0 fully saturated rings. The molecule has 0 bridgehead atoms. The highest BCUT2D eigenvalue weighted by molar-refractivity contribution is 7.45. The molecule has 3 atom stereocenters. The van der Waals surface area contributed by atoms with E-state index in [1.165, 1.54) is 231 Å². The summed E-state index contributed by atoms with van der Waals surface area (Å²) in [6.07, 6.45) is 74.2. The average Bonchev–Trinajstić information content (AvgIpc) is 3.42. The number of carbonyl (C=O) groups excluding carboxylic acids is 2. The van der Waals surface area contributed by atoms with Crippen molar-refractivity contribution in [3.8, 4) is 0 Å². The van der Waals surface area contributed by atoms with Crippen LogP contribution in [-0.4, -0.2) is 69.4 Å². The zero-order valence-corrected chi connectivity index (χ0v) is 54.9. The van der Waals surface area contributed by atoms with E-state index >= 15 is 0 Å². The van der Waals surface area contributed by atoms with Gasteiger partial charge in [-0.3, -0.25) is 14.2 Å². The van der Waals surface area contributed by atoms with Crippen LogP contribution in [0.4, 0.5) is 0 Å². The first-order valence-corrected chi connectivity index (χ1v) is 36.3. The maximum Gasteiger partial charge on any atom is 0.306 e. The van der Waals surface area contributed by atoms with Gasteiger partial charge in [0, 0.05) is 12.8 Å². The van der Waals surface area contributed by atoms with Crippen molar-refractivity contribution in [2.24, 2.45) is 0 Å². The van der Waals surface area contributed by atoms with Gasteiger partial charge in [0.05, 0.1) is 33.8 Å². The fraction of sp³-hybridized carbons (Fsp3) is 0.886. The Labute approximate surface area is 497 Å². The molecular weight excluding hydrogens is 1010 g/mol. The predicted molar refractivity (Wildman–Crippen MR) is 344 cm³/mol. The Morgan fingerprint density at radius 3 is 1.12 bits per heavy atom. The summed E-state index contributed by atoms with van der Waals surface area (Å²) in [5, 5.41) is 3.03. The van der Waals surface area contributed by atoms with Gasteiger partial charge in [-0.15, -0.1) is 0 Å². The summed E-state index contributed by atoms with van der Waals surface area (Å²) in [5.74, 6) is -0.538. The lowest BCUT2D eigenvalue weighted by molar-refractivity contribution is -0.870. The van der Waals surface area contributed by atoms with Crippen LogP contribution >= 0.6 is 7.82 Å². The molecule has 0 aliphatic carbocycles. The van der Waals surface area contributed by atoms with Crippen LogP contribution in [-0.2, 0) is 27.9 Å². The molecular formula is C70H135N2O7P. The fourth-order valence-corrected chi connectivity index (χ4v) is 11.2. The molecule has 1 amide bonds. The number of ether oxygens (including phenoxy) is 1. The number of quaternary nitrogens is 1. The average molecular weight is 1150 g/mol. The van der Waals surface area contributed by atoms with Crippen molar-refractivity contribution in [2.45, 2.75) is 360 Å². The van der Waals surface area contributed by atoms with Gasteiger partial charge < -0.3 is 28.5 Å². The summed E-state index contributed by atoms with van der Waals surface area (Å²) in [4.78, 5) is 40.1. The molecule has 0 aliphatic rings. The van der Waals surface area contributed by atoms with Crippen molar-refractivity contribution >= 4 is 19.7 Å². The van der Waals surface area contributed by atoms with Gasteiger partial charge in [0.25, 0.3) is 7.82 Å². The molecule has 0 spiro atoms. The van der Waals surface area contributed by atoms with Gasteiger partial charge >= 0.3 is 5.97 Å². The van der Waals surface area contributed by atoms with Crippen LogP contribution in [0.3, 0.4) is 0 Å². The highest BCUT2D eigenvalue weighted by Gasteiger charge is 2.27. The number of phosphoric acid groups is 1. The first kappa shape index (κ1) is 78.2. The van der Waals surface area contributed by atoms with Crippen molar-refractivity contribution in [2.75, 3.05) is 40.9 Å². The van der Waals surface area contributed by atoms with Gasteiger partial charge in [0.15, 0.2) is 0 Å². The maximum absolute atomic E-state index is 13.5. The molecule has 0 radical (unpaired) electrons. The summed E-state index contributed by atoms with van der Waals surface area (Å²) >= 11 is 0. The molecule has 3 unspecified atom stereocenters. The second kappa shape index (κ2) is 60.4.